The van der Waals surface area contributed by atoms with E-state index >= 15 is 0 Å². The Balaban J connectivity index is 3.26. The quantitative estimate of drug-likeness (QED) is 0.738. The first-order chi connectivity index (χ1) is 6.39. The van der Waals surface area contributed by atoms with Crippen molar-refractivity contribution in [2.75, 3.05) is 5.73 Å². The second kappa shape index (κ2) is 3.31. The van der Waals surface area contributed by atoms with Gasteiger partial charge in [-0.3, -0.25) is 0 Å². The van der Waals surface area contributed by atoms with E-state index < -0.39 is 15.3 Å². The normalized spacial score (nSPS) is 13.5. The van der Waals surface area contributed by atoms with E-state index in [0.29, 0.717) is 5.56 Å². The van der Waals surface area contributed by atoms with E-state index in [0.717, 1.165) is 4.09 Å². The van der Waals surface area contributed by atoms with Crippen LogP contribution in [0.25, 0.3) is 0 Å². The highest BCUT2D eigenvalue weighted by molar-refractivity contribution is 7.90. The standard InChI is InChI=1S/C7H10N4O2S/c1-5-4-11(10-7(5)9)14(12,13)6(2)3-8/h4,6H,1-2H3,(H2,9,10). The van der Waals surface area contributed by atoms with Gasteiger partial charge in [-0.05, 0) is 13.8 Å². The van der Waals surface area contributed by atoms with E-state index in [-0.39, 0.29) is 5.82 Å². The van der Waals surface area contributed by atoms with Gasteiger partial charge >= 0.3 is 0 Å². The summed E-state index contributed by atoms with van der Waals surface area (Å²) in [7, 11) is -3.73. The SMILES string of the molecule is Cc1cn(S(=O)(=O)C(C)C#N)nc1N. The molecule has 2 N–H and O–H groups in total. The third-order valence-electron chi connectivity index (χ3n) is 1.80. The van der Waals surface area contributed by atoms with Gasteiger partial charge in [0.2, 0.25) is 0 Å². The third-order valence-corrected chi connectivity index (χ3v) is 3.51. The predicted molar refractivity (Wildman–Crippen MR) is 50.8 cm³/mol. The minimum absolute atomic E-state index is 0.152. The molecule has 14 heavy (non-hydrogen) atoms. The Bertz CT molecular complexity index is 463. The fraction of sp³-hybridized carbons (Fsp3) is 0.429. The van der Waals surface area contributed by atoms with Gasteiger partial charge in [-0.15, -0.1) is 5.10 Å². The largest absolute Gasteiger partial charge is 0.382 e. The summed E-state index contributed by atoms with van der Waals surface area (Å²) in [6.07, 6.45) is 1.29. The summed E-state index contributed by atoms with van der Waals surface area (Å²) >= 11 is 0. The first-order valence-corrected chi connectivity index (χ1v) is 5.35. The molecule has 1 atom stereocenters. The minimum Gasteiger partial charge on any atom is -0.382 e. The molecular formula is C7H10N4O2S. The van der Waals surface area contributed by atoms with Gasteiger partial charge in [0.05, 0.1) is 6.07 Å². The van der Waals surface area contributed by atoms with E-state index in [1.54, 1.807) is 13.0 Å². The fourth-order valence-electron chi connectivity index (χ4n) is 0.805. The molecule has 0 amide bonds. The molecule has 0 aliphatic rings. The first kappa shape index (κ1) is 10.5. The van der Waals surface area contributed by atoms with E-state index in [1.807, 2.05) is 0 Å². The van der Waals surface area contributed by atoms with Crippen LogP contribution in [0.4, 0.5) is 5.82 Å². The summed E-state index contributed by atoms with van der Waals surface area (Å²) in [4.78, 5) is 0. The number of aromatic nitrogens is 2. The molecule has 76 valence electrons. The van der Waals surface area contributed by atoms with Gasteiger partial charge in [-0.1, -0.05) is 0 Å². The van der Waals surface area contributed by atoms with Gasteiger partial charge in [0.15, 0.2) is 5.25 Å². The molecule has 0 spiro atoms. The topological polar surface area (TPSA) is 102 Å². The van der Waals surface area contributed by atoms with E-state index in [2.05, 4.69) is 5.10 Å². The molecule has 0 saturated carbocycles. The molecule has 0 aromatic carbocycles. The maximum Gasteiger partial charge on any atom is 0.269 e. The molecular weight excluding hydrogens is 204 g/mol. The molecule has 0 aliphatic carbocycles. The number of hydrogen-bond donors (Lipinski definition) is 1. The van der Waals surface area contributed by atoms with Gasteiger partial charge in [0, 0.05) is 11.8 Å². The van der Waals surface area contributed by atoms with Crippen LogP contribution >= 0.6 is 0 Å². The summed E-state index contributed by atoms with van der Waals surface area (Å²) in [5.74, 6) is 0.152. The summed E-state index contributed by atoms with van der Waals surface area (Å²) in [5, 5.41) is 11.0. The predicted octanol–water partition coefficient (Wildman–Crippen LogP) is -0.136. The van der Waals surface area contributed by atoms with Crippen molar-refractivity contribution in [3.8, 4) is 6.07 Å². The molecule has 0 saturated heterocycles. The summed E-state index contributed by atoms with van der Waals surface area (Å²) < 4.78 is 23.8. The Morgan fingerprint density at radius 2 is 2.29 bits per heavy atom. The number of nitrogen functional groups attached to an aromatic ring is 1. The maximum absolute atomic E-state index is 11.6. The number of nitriles is 1. The molecule has 0 bridgehead atoms. The zero-order valence-corrected chi connectivity index (χ0v) is 8.61. The van der Waals surface area contributed by atoms with Crippen LogP contribution in [0.1, 0.15) is 12.5 Å². The zero-order valence-electron chi connectivity index (χ0n) is 7.80. The van der Waals surface area contributed by atoms with Gasteiger partial charge in [0.25, 0.3) is 10.0 Å². The Morgan fingerprint density at radius 3 is 2.64 bits per heavy atom. The number of aryl methyl sites for hydroxylation is 1. The van der Waals surface area contributed by atoms with Crippen LogP contribution in [0, 0.1) is 18.3 Å². The summed E-state index contributed by atoms with van der Waals surface area (Å²) in [6.45, 7) is 2.94. The maximum atomic E-state index is 11.6. The lowest BCUT2D eigenvalue weighted by molar-refractivity contribution is 0.576. The average Bonchev–Trinajstić information content (AvgIpc) is 2.46. The summed E-state index contributed by atoms with van der Waals surface area (Å²) in [6, 6.07) is 1.64. The van der Waals surface area contributed by atoms with Gasteiger partial charge in [0.1, 0.15) is 5.82 Å². The molecule has 1 aromatic rings. The van der Waals surface area contributed by atoms with Crippen molar-refractivity contribution in [1.29, 1.82) is 5.26 Å². The van der Waals surface area contributed by atoms with E-state index in [4.69, 9.17) is 11.0 Å². The van der Waals surface area contributed by atoms with Crippen LogP contribution in [-0.4, -0.2) is 22.9 Å². The Labute approximate surface area is 82.0 Å². The highest BCUT2D eigenvalue weighted by Crippen LogP contribution is 2.11. The molecule has 7 heteroatoms. The lowest BCUT2D eigenvalue weighted by Crippen LogP contribution is -2.24. The van der Waals surface area contributed by atoms with Gasteiger partial charge < -0.3 is 5.73 Å². The number of nitrogens with two attached hydrogens (primary N) is 1. The molecule has 0 fully saturated rings. The molecule has 1 heterocycles. The second-order valence-corrected chi connectivity index (χ2v) is 5.00. The van der Waals surface area contributed by atoms with E-state index in [9.17, 15) is 8.42 Å². The Morgan fingerprint density at radius 1 is 1.71 bits per heavy atom. The first-order valence-electron chi connectivity index (χ1n) is 3.85. The molecule has 6 nitrogen and oxygen atoms in total. The fourth-order valence-corrected chi connectivity index (χ4v) is 1.77. The molecule has 1 aromatic heterocycles. The lowest BCUT2D eigenvalue weighted by Gasteiger charge is -2.03. The van der Waals surface area contributed by atoms with Crippen molar-refractivity contribution in [2.24, 2.45) is 0 Å². The van der Waals surface area contributed by atoms with Crippen molar-refractivity contribution in [3.05, 3.63) is 11.8 Å². The van der Waals surface area contributed by atoms with Crippen molar-refractivity contribution >= 4 is 15.8 Å². The monoisotopic (exact) mass is 214 g/mol. The van der Waals surface area contributed by atoms with Crippen molar-refractivity contribution < 1.29 is 8.42 Å². The summed E-state index contributed by atoms with van der Waals surface area (Å²) in [5.41, 5.74) is 5.97. The third kappa shape index (κ3) is 1.56. The van der Waals surface area contributed by atoms with Crippen LogP contribution < -0.4 is 5.73 Å². The smallest absolute Gasteiger partial charge is 0.269 e. The highest BCUT2D eigenvalue weighted by atomic mass is 32.2. The van der Waals surface area contributed by atoms with Gasteiger partial charge in [-0.2, -0.15) is 9.35 Å². The molecule has 0 aliphatic heterocycles. The van der Waals surface area contributed by atoms with Crippen molar-refractivity contribution in [2.45, 2.75) is 19.1 Å². The van der Waals surface area contributed by atoms with Crippen LogP contribution in [0.15, 0.2) is 6.20 Å². The second-order valence-electron chi connectivity index (χ2n) is 2.89. The van der Waals surface area contributed by atoms with E-state index in [1.165, 1.54) is 13.1 Å². The Kier molecular flexibility index (Phi) is 2.49. The van der Waals surface area contributed by atoms with Crippen LogP contribution in [0.3, 0.4) is 0 Å². The average molecular weight is 214 g/mol. The number of rotatable bonds is 2. The van der Waals surface area contributed by atoms with Crippen LogP contribution in [-0.2, 0) is 10.0 Å². The Hall–Kier alpha value is -1.55. The van der Waals surface area contributed by atoms with Crippen molar-refractivity contribution in [1.82, 2.24) is 9.19 Å². The van der Waals surface area contributed by atoms with Crippen LogP contribution in [0.5, 0.6) is 0 Å². The number of nitrogens with zero attached hydrogens (tertiary/aromatic N) is 3. The lowest BCUT2D eigenvalue weighted by atomic mass is 10.4. The van der Waals surface area contributed by atoms with Crippen LogP contribution in [0.2, 0.25) is 0 Å². The molecule has 1 rings (SSSR count). The van der Waals surface area contributed by atoms with Gasteiger partial charge in [-0.25, -0.2) is 8.42 Å². The molecule has 1 unspecified atom stereocenters. The zero-order chi connectivity index (χ0) is 10.9. The number of hydrogen-bond acceptors (Lipinski definition) is 5. The van der Waals surface area contributed by atoms with Crippen molar-refractivity contribution in [3.63, 3.8) is 0 Å². The molecule has 0 radical (unpaired) electrons. The number of anilines is 1. The highest BCUT2D eigenvalue weighted by Gasteiger charge is 2.23. The minimum atomic E-state index is -3.73.